The average molecular weight is 319 g/mol. The minimum Gasteiger partial charge on any atom is -0.338 e. The summed E-state index contributed by atoms with van der Waals surface area (Å²) in [5.74, 6) is 1.30. The molecule has 0 aromatic carbocycles. The number of likely N-dealkylation sites (tertiary alicyclic amines) is 1. The number of carbonyl (C=O) groups excluding carboxylic acids is 1. The summed E-state index contributed by atoms with van der Waals surface area (Å²) in [4.78, 5) is 29.0. The van der Waals surface area contributed by atoms with Gasteiger partial charge in [-0.2, -0.15) is 5.10 Å². The lowest BCUT2D eigenvalue weighted by Crippen LogP contribution is -2.40. The van der Waals surface area contributed by atoms with Crippen molar-refractivity contribution in [3.63, 3.8) is 0 Å². The predicted molar refractivity (Wildman–Crippen MR) is 81.1 cm³/mol. The van der Waals surface area contributed by atoms with Crippen molar-refractivity contribution in [2.45, 2.75) is 37.6 Å². The van der Waals surface area contributed by atoms with Crippen LogP contribution in [0.1, 0.15) is 53.8 Å². The standard InChI is InChI=1S/C14H17N5O2S/c20-13(10-7-15-22-8-10)18-5-3-11(4-6-18)19-14(21)16-12(17-19)9-1-2-9/h7-9,11H,1-6H2,(H,16,17,21). The molecule has 7 nitrogen and oxygen atoms in total. The van der Waals surface area contributed by atoms with Crippen molar-refractivity contribution < 1.29 is 4.79 Å². The third kappa shape index (κ3) is 2.47. The number of rotatable bonds is 3. The fourth-order valence-electron chi connectivity index (χ4n) is 2.95. The van der Waals surface area contributed by atoms with Crippen LogP contribution in [0, 0.1) is 0 Å². The summed E-state index contributed by atoms with van der Waals surface area (Å²) < 4.78 is 5.56. The van der Waals surface area contributed by atoms with E-state index in [-0.39, 0.29) is 17.6 Å². The van der Waals surface area contributed by atoms with E-state index in [0.717, 1.165) is 31.5 Å². The van der Waals surface area contributed by atoms with Gasteiger partial charge in [0.15, 0.2) is 0 Å². The van der Waals surface area contributed by atoms with E-state index >= 15 is 0 Å². The van der Waals surface area contributed by atoms with E-state index in [2.05, 4.69) is 14.5 Å². The molecule has 1 aliphatic carbocycles. The number of hydrogen-bond donors (Lipinski definition) is 1. The van der Waals surface area contributed by atoms with Gasteiger partial charge in [0, 0.05) is 24.4 Å². The van der Waals surface area contributed by atoms with Crippen molar-refractivity contribution >= 4 is 17.4 Å². The van der Waals surface area contributed by atoms with Gasteiger partial charge in [0.2, 0.25) is 0 Å². The molecule has 0 radical (unpaired) electrons. The number of nitrogens with zero attached hydrogens (tertiary/aromatic N) is 4. The molecule has 1 N–H and O–H groups in total. The number of hydrogen-bond acceptors (Lipinski definition) is 5. The summed E-state index contributed by atoms with van der Waals surface area (Å²) in [5, 5.41) is 6.22. The zero-order valence-corrected chi connectivity index (χ0v) is 12.9. The van der Waals surface area contributed by atoms with Gasteiger partial charge < -0.3 is 4.90 Å². The lowest BCUT2D eigenvalue weighted by molar-refractivity contribution is 0.0688. The summed E-state index contributed by atoms with van der Waals surface area (Å²) >= 11 is 1.29. The fourth-order valence-corrected chi connectivity index (χ4v) is 3.46. The first-order valence-corrected chi connectivity index (χ1v) is 8.43. The third-order valence-corrected chi connectivity index (χ3v) is 4.99. The maximum Gasteiger partial charge on any atom is 0.343 e. The van der Waals surface area contributed by atoms with Crippen LogP contribution in [0.5, 0.6) is 0 Å². The van der Waals surface area contributed by atoms with Gasteiger partial charge >= 0.3 is 5.69 Å². The molecule has 1 saturated heterocycles. The summed E-state index contributed by atoms with van der Waals surface area (Å²) in [6, 6.07) is 0.0842. The normalized spacial score (nSPS) is 19.5. The number of piperidine rings is 1. The van der Waals surface area contributed by atoms with E-state index in [1.807, 2.05) is 4.90 Å². The first kappa shape index (κ1) is 13.7. The Labute approximate surface area is 131 Å². The van der Waals surface area contributed by atoms with E-state index < -0.39 is 0 Å². The second-order valence-corrected chi connectivity index (χ2v) is 6.63. The fraction of sp³-hybridized carbons (Fsp3) is 0.571. The molecular weight excluding hydrogens is 302 g/mol. The topological polar surface area (TPSA) is 83.9 Å². The van der Waals surface area contributed by atoms with E-state index in [1.54, 1.807) is 16.3 Å². The van der Waals surface area contributed by atoms with Crippen LogP contribution in [0.3, 0.4) is 0 Å². The van der Waals surface area contributed by atoms with Crippen LogP contribution in [0.2, 0.25) is 0 Å². The molecule has 1 aliphatic heterocycles. The second kappa shape index (κ2) is 5.35. The van der Waals surface area contributed by atoms with E-state index in [1.165, 1.54) is 11.5 Å². The summed E-state index contributed by atoms with van der Waals surface area (Å²) in [6.07, 6.45) is 5.37. The quantitative estimate of drug-likeness (QED) is 0.926. The van der Waals surface area contributed by atoms with Crippen LogP contribution >= 0.6 is 11.5 Å². The largest absolute Gasteiger partial charge is 0.343 e. The summed E-state index contributed by atoms with van der Waals surface area (Å²) in [7, 11) is 0. The number of H-pyrrole nitrogens is 1. The first-order valence-electron chi connectivity index (χ1n) is 7.60. The third-order valence-electron chi connectivity index (χ3n) is 4.40. The van der Waals surface area contributed by atoms with Gasteiger partial charge in [-0.05, 0) is 37.2 Å². The Hall–Kier alpha value is -1.96. The lowest BCUT2D eigenvalue weighted by Gasteiger charge is -2.31. The van der Waals surface area contributed by atoms with Crippen LogP contribution in [0.4, 0.5) is 0 Å². The molecule has 116 valence electrons. The van der Waals surface area contributed by atoms with E-state index in [0.29, 0.717) is 24.6 Å². The van der Waals surface area contributed by atoms with Crippen LogP contribution in [0.25, 0.3) is 0 Å². The molecule has 0 atom stereocenters. The Bertz CT molecular complexity index is 723. The van der Waals surface area contributed by atoms with Gasteiger partial charge in [-0.25, -0.2) is 13.8 Å². The molecule has 2 fully saturated rings. The van der Waals surface area contributed by atoms with Gasteiger partial charge in [-0.3, -0.25) is 9.78 Å². The zero-order valence-electron chi connectivity index (χ0n) is 12.1. The van der Waals surface area contributed by atoms with Crippen LogP contribution in [-0.4, -0.2) is 43.0 Å². The maximum absolute atomic E-state index is 12.3. The molecule has 4 rings (SSSR count). The van der Waals surface area contributed by atoms with Gasteiger partial charge in [0.25, 0.3) is 5.91 Å². The van der Waals surface area contributed by atoms with Crippen LogP contribution < -0.4 is 5.69 Å². The molecule has 3 heterocycles. The van der Waals surface area contributed by atoms with Crippen LogP contribution in [0.15, 0.2) is 16.4 Å². The maximum atomic E-state index is 12.3. The zero-order chi connectivity index (χ0) is 15.1. The van der Waals surface area contributed by atoms with Crippen molar-refractivity contribution in [1.82, 2.24) is 24.0 Å². The molecule has 1 saturated carbocycles. The van der Waals surface area contributed by atoms with Gasteiger partial charge in [-0.1, -0.05) is 0 Å². The van der Waals surface area contributed by atoms with Crippen molar-refractivity contribution in [2.75, 3.05) is 13.1 Å². The Kier molecular flexibility index (Phi) is 3.33. The average Bonchev–Trinajstić information content (AvgIpc) is 3.10. The van der Waals surface area contributed by atoms with Gasteiger partial charge in [-0.15, -0.1) is 0 Å². The number of carbonyl (C=O) groups is 1. The monoisotopic (exact) mass is 319 g/mol. The van der Waals surface area contributed by atoms with E-state index in [4.69, 9.17) is 0 Å². The SMILES string of the molecule is O=C(c1cnsc1)N1CCC(n2nc(C3CC3)[nH]c2=O)CC1. The number of aromatic nitrogens is 4. The molecule has 0 unspecified atom stereocenters. The Morgan fingerprint density at radius 2 is 2.05 bits per heavy atom. The van der Waals surface area contributed by atoms with Crippen molar-refractivity contribution in [2.24, 2.45) is 0 Å². The minimum absolute atomic E-state index is 0.0280. The highest BCUT2D eigenvalue weighted by Gasteiger charge is 2.31. The Balaban J connectivity index is 1.43. The Morgan fingerprint density at radius 1 is 1.27 bits per heavy atom. The predicted octanol–water partition coefficient (Wildman–Crippen LogP) is 1.38. The number of aromatic amines is 1. The number of nitrogens with one attached hydrogen (secondary N) is 1. The molecule has 8 heteroatoms. The highest BCUT2D eigenvalue weighted by molar-refractivity contribution is 7.03. The van der Waals surface area contributed by atoms with Crippen LogP contribution in [-0.2, 0) is 0 Å². The molecule has 22 heavy (non-hydrogen) atoms. The minimum atomic E-state index is -0.117. The highest BCUT2D eigenvalue weighted by atomic mass is 32.1. The molecule has 2 aromatic heterocycles. The first-order chi connectivity index (χ1) is 10.7. The van der Waals surface area contributed by atoms with Gasteiger partial charge in [0.05, 0.1) is 17.8 Å². The molecule has 0 spiro atoms. The molecular formula is C14H17N5O2S. The molecule has 2 aromatic rings. The van der Waals surface area contributed by atoms with Crippen molar-refractivity contribution in [1.29, 1.82) is 0 Å². The molecule has 1 amide bonds. The molecule has 2 aliphatic rings. The van der Waals surface area contributed by atoms with E-state index in [9.17, 15) is 9.59 Å². The van der Waals surface area contributed by atoms with Crippen molar-refractivity contribution in [3.05, 3.63) is 33.4 Å². The highest BCUT2D eigenvalue weighted by Crippen LogP contribution is 2.37. The smallest absolute Gasteiger partial charge is 0.338 e. The van der Waals surface area contributed by atoms with Gasteiger partial charge in [0.1, 0.15) is 5.82 Å². The second-order valence-electron chi connectivity index (χ2n) is 5.97. The number of amides is 1. The Morgan fingerprint density at radius 3 is 2.68 bits per heavy atom. The lowest BCUT2D eigenvalue weighted by atomic mass is 10.0. The molecule has 0 bridgehead atoms. The van der Waals surface area contributed by atoms with Crippen molar-refractivity contribution in [3.8, 4) is 0 Å². The summed E-state index contributed by atoms with van der Waals surface area (Å²) in [6.45, 7) is 1.30. The summed E-state index contributed by atoms with van der Waals surface area (Å²) in [5.41, 5.74) is 0.533.